The summed E-state index contributed by atoms with van der Waals surface area (Å²) in [5.41, 5.74) is 1.28. The number of allylic oxidation sites excluding steroid dienone is 6. The van der Waals surface area contributed by atoms with E-state index in [0.717, 1.165) is 62.3 Å². The molecule has 0 aromatic carbocycles. The van der Waals surface area contributed by atoms with Crippen molar-refractivity contribution in [2.45, 2.75) is 154 Å². The van der Waals surface area contributed by atoms with E-state index in [0.29, 0.717) is 31.6 Å². The van der Waals surface area contributed by atoms with E-state index < -0.39 is 24.1 Å². The zero-order chi connectivity index (χ0) is 42.8. The topological polar surface area (TPSA) is 156 Å². The Labute approximate surface area is 371 Å². The van der Waals surface area contributed by atoms with Crippen LogP contribution in [0.4, 0.5) is 0 Å². The highest BCUT2D eigenvalue weighted by atomic mass is 79.9. The summed E-state index contributed by atoms with van der Waals surface area (Å²) in [4.78, 5) is 26.2. The molecule has 3 unspecified atom stereocenters. The second kappa shape index (κ2) is 26.4. The Morgan fingerprint density at radius 3 is 1.74 bits per heavy atom. The van der Waals surface area contributed by atoms with Crippen molar-refractivity contribution >= 4 is 66.5 Å². The summed E-state index contributed by atoms with van der Waals surface area (Å²) in [5.74, 6) is -0.326. The fraction of sp³-hybridized carbons (Fsp3) is 0.609. The highest BCUT2D eigenvalue weighted by molar-refractivity contribution is 9.11. The van der Waals surface area contributed by atoms with Crippen molar-refractivity contribution in [1.29, 1.82) is 0 Å². The Bertz CT molecular complexity index is 1660. The predicted molar refractivity (Wildman–Crippen MR) is 245 cm³/mol. The average Bonchev–Trinajstić information content (AvgIpc) is 3.89. The van der Waals surface area contributed by atoms with Crippen molar-refractivity contribution in [3.8, 4) is 0 Å². The monoisotopic (exact) mass is 968 g/mol. The zero-order valence-electron chi connectivity index (χ0n) is 34.6. The van der Waals surface area contributed by atoms with E-state index in [1.807, 2.05) is 24.3 Å². The van der Waals surface area contributed by atoms with Crippen LogP contribution in [0.25, 0.3) is 0 Å². The van der Waals surface area contributed by atoms with Gasteiger partial charge in [0.05, 0.1) is 24.4 Å². The van der Waals surface area contributed by atoms with E-state index in [9.17, 15) is 30.0 Å². The van der Waals surface area contributed by atoms with Crippen LogP contribution >= 0.6 is 54.5 Å². The van der Waals surface area contributed by atoms with Crippen LogP contribution in [0.2, 0.25) is 0 Å². The van der Waals surface area contributed by atoms with E-state index in [1.165, 1.54) is 29.5 Å². The molecule has 0 bridgehead atoms. The van der Waals surface area contributed by atoms with Crippen LogP contribution < -0.4 is 0 Å². The zero-order valence-corrected chi connectivity index (χ0v) is 39.4. The summed E-state index contributed by atoms with van der Waals surface area (Å²) in [6.45, 7) is 8.46. The lowest BCUT2D eigenvalue weighted by molar-refractivity contribution is -0.138. The van der Waals surface area contributed by atoms with Gasteiger partial charge in [0.2, 0.25) is 0 Å². The maximum absolute atomic E-state index is 10.5. The summed E-state index contributed by atoms with van der Waals surface area (Å²) < 4.78 is 2.31. The van der Waals surface area contributed by atoms with Crippen LogP contribution in [0, 0.1) is 44.4 Å². The number of hydrogen-bond donors (Lipinski definition) is 6. The lowest BCUT2D eigenvalue weighted by Gasteiger charge is -2.19. The van der Waals surface area contributed by atoms with E-state index >= 15 is 0 Å². The van der Waals surface area contributed by atoms with E-state index in [2.05, 4.69) is 89.9 Å². The fourth-order valence-electron chi connectivity index (χ4n) is 7.91. The van der Waals surface area contributed by atoms with Crippen molar-refractivity contribution in [1.82, 2.24) is 0 Å². The molecule has 0 aliphatic heterocycles. The first kappa shape index (κ1) is 50.5. The van der Waals surface area contributed by atoms with E-state index in [-0.39, 0.29) is 48.7 Å². The Balaban J connectivity index is 0.000000310. The minimum atomic E-state index is -0.760. The third-order valence-corrected chi connectivity index (χ3v) is 16.6. The molecule has 2 aliphatic carbocycles. The number of thiophene rings is 2. The van der Waals surface area contributed by atoms with Crippen LogP contribution in [0.5, 0.6) is 0 Å². The van der Waals surface area contributed by atoms with Crippen molar-refractivity contribution in [2.24, 2.45) is 23.7 Å². The quantitative estimate of drug-likeness (QED) is 0.0503. The number of halogens is 2. The first-order valence-corrected chi connectivity index (χ1v) is 24.1. The molecule has 2 aliphatic rings. The largest absolute Gasteiger partial charge is 0.481 e. The van der Waals surface area contributed by atoms with Crippen LogP contribution in [0.1, 0.15) is 128 Å². The molecule has 0 saturated heterocycles. The van der Waals surface area contributed by atoms with Gasteiger partial charge in [-0.05, 0) is 177 Å². The number of rotatable bonds is 22. The van der Waals surface area contributed by atoms with Crippen molar-refractivity contribution in [3.05, 3.63) is 88.7 Å². The molecule has 9 atom stereocenters. The van der Waals surface area contributed by atoms with Crippen LogP contribution in [-0.2, 0) is 16.0 Å². The number of hydrogen-bond acceptors (Lipinski definition) is 8. The standard InChI is InChI=1S/2C23H33BrO4S/c1-15-21(29-16(2)23(15)24)14-12-18(25)11-9-17-10-13-20(26)19(17)7-5-3-4-6-8-22(27)28;1-15(22-14-20(24)16(2)29-22)13-18(25)11-9-17-10-12-21(26)19(17)7-5-3-4-6-8-23(27)28/h3,5,9,11,17-20,25-26H,4,6-8,10,12-14H2,1-2H3,(H,27,28);3,5,9,11,14-15,17-19,21,25-26H,4,6-8,10,12-13H2,1-2H3,(H,27,28)/b2*5-3-,11-9+/t17-,18+,19+,20?;15?,17-,18+,19+,21?/m00/s1. The van der Waals surface area contributed by atoms with Gasteiger partial charge in [0.25, 0.3) is 0 Å². The second-order valence-corrected chi connectivity index (χ2v) is 20.3. The van der Waals surface area contributed by atoms with Gasteiger partial charge < -0.3 is 30.6 Å². The second-order valence-electron chi connectivity index (χ2n) is 16.1. The van der Waals surface area contributed by atoms with Gasteiger partial charge in [0, 0.05) is 41.3 Å². The Kier molecular flexibility index (Phi) is 23.0. The summed E-state index contributed by atoms with van der Waals surface area (Å²) in [5, 5.41) is 58.8. The molecule has 8 nitrogen and oxygen atoms in total. The van der Waals surface area contributed by atoms with E-state index in [4.69, 9.17) is 10.2 Å². The fourth-order valence-corrected chi connectivity index (χ4v) is 11.2. The highest BCUT2D eigenvalue weighted by Gasteiger charge is 2.33. The van der Waals surface area contributed by atoms with Crippen LogP contribution in [0.15, 0.2) is 63.6 Å². The van der Waals surface area contributed by atoms with Gasteiger partial charge in [-0.15, -0.1) is 22.7 Å². The normalized spacial score (nSPS) is 24.0. The molecule has 324 valence electrons. The number of carboxylic acids is 2. The minimum absolute atomic E-state index is 0.169. The maximum atomic E-state index is 10.5. The van der Waals surface area contributed by atoms with Crippen LogP contribution in [-0.4, -0.2) is 67.0 Å². The van der Waals surface area contributed by atoms with Gasteiger partial charge in [0.1, 0.15) is 0 Å². The van der Waals surface area contributed by atoms with Gasteiger partial charge in [-0.3, -0.25) is 9.59 Å². The van der Waals surface area contributed by atoms with Crippen molar-refractivity contribution in [3.63, 3.8) is 0 Å². The lowest BCUT2D eigenvalue weighted by Crippen LogP contribution is -2.18. The third kappa shape index (κ3) is 17.6. The van der Waals surface area contributed by atoms with Gasteiger partial charge in [-0.2, -0.15) is 0 Å². The Morgan fingerprint density at radius 2 is 1.29 bits per heavy atom. The maximum Gasteiger partial charge on any atom is 0.303 e. The molecule has 2 fully saturated rings. The third-order valence-electron chi connectivity index (χ3n) is 11.5. The molecule has 0 radical (unpaired) electrons. The summed E-state index contributed by atoms with van der Waals surface area (Å²) >= 11 is 10.7. The van der Waals surface area contributed by atoms with Gasteiger partial charge in [-0.1, -0.05) is 55.5 Å². The summed E-state index contributed by atoms with van der Waals surface area (Å²) in [7, 11) is 0. The highest BCUT2D eigenvalue weighted by Crippen LogP contribution is 2.38. The molecular formula is C46H66Br2O8S2. The molecule has 6 N–H and O–H groups in total. The predicted octanol–water partition coefficient (Wildman–Crippen LogP) is 11.4. The number of aliphatic hydroxyl groups excluding tert-OH is 4. The van der Waals surface area contributed by atoms with Gasteiger partial charge in [0.15, 0.2) is 0 Å². The molecule has 2 saturated carbocycles. The number of carbonyl (C=O) groups is 2. The van der Waals surface area contributed by atoms with Crippen molar-refractivity contribution in [2.75, 3.05) is 0 Å². The molecule has 0 amide bonds. The Hall–Kier alpha value is -1.90. The molecule has 0 spiro atoms. The first-order chi connectivity index (χ1) is 27.6. The molecule has 2 heterocycles. The average molecular weight is 971 g/mol. The summed E-state index contributed by atoms with van der Waals surface area (Å²) in [6.07, 6.45) is 25.1. The molecule has 2 aromatic rings. The number of aryl methyl sites for hydroxylation is 3. The van der Waals surface area contributed by atoms with Gasteiger partial charge in [-0.25, -0.2) is 0 Å². The SMILES string of the molecule is Cc1sc(C(C)C[C@H](O)/C=C/[C@H]2CCC(O)[C@@H]2C/C=C\CCCC(=O)O)cc1Br.Cc1sc(CC[C@H](O)/C=C/[C@H]2CCC(O)[C@@H]2C/C=C\CCCC(=O)O)c(C)c1Br. The van der Waals surface area contributed by atoms with E-state index in [1.54, 1.807) is 22.7 Å². The minimum Gasteiger partial charge on any atom is -0.481 e. The smallest absolute Gasteiger partial charge is 0.303 e. The van der Waals surface area contributed by atoms with Gasteiger partial charge >= 0.3 is 11.9 Å². The number of unbranched alkanes of at least 4 members (excludes halogenated alkanes) is 2. The molecule has 4 rings (SSSR count). The number of aliphatic carboxylic acids is 2. The number of carboxylic acid groups (broad SMARTS) is 2. The molecule has 58 heavy (non-hydrogen) atoms. The Morgan fingerprint density at radius 1 is 0.776 bits per heavy atom. The molecule has 12 heteroatoms. The van der Waals surface area contributed by atoms with Crippen molar-refractivity contribution < 1.29 is 40.2 Å². The first-order valence-electron chi connectivity index (χ1n) is 20.9. The molecule has 2 aromatic heterocycles. The summed E-state index contributed by atoms with van der Waals surface area (Å²) in [6, 6.07) is 2.15. The lowest BCUT2D eigenvalue weighted by atomic mass is 9.90. The van der Waals surface area contributed by atoms with Crippen LogP contribution in [0.3, 0.4) is 0 Å². The number of aliphatic hydroxyl groups is 4. The molecular weight excluding hydrogens is 904 g/mol.